The number of thiocarbonyl (C=S) groups is 1. The Balaban J connectivity index is 1.93. The van der Waals surface area contributed by atoms with E-state index in [1.165, 1.54) is 24.3 Å². The maximum Gasteiger partial charge on any atom is 0.273 e. The fourth-order valence-corrected chi connectivity index (χ4v) is 2.70. The summed E-state index contributed by atoms with van der Waals surface area (Å²) in [5.41, 5.74) is 1.19. The molecule has 3 rings (SSSR count). The van der Waals surface area contributed by atoms with E-state index >= 15 is 0 Å². The number of hydrogen-bond acceptors (Lipinski definition) is 5. The molecule has 1 fully saturated rings. The van der Waals surface area contributed by atoms with Gasteiger partial charge in [-0.15, -0.1) is 0 Å². The minimum atomic E-state index is -0.521. The zero-order chi connectivity index (χ0) is 18.7. The van der Waals surface area contributed by atoms with Crippen LogP contribution in [0, 0.1) is 10.1 Å². The number of rotatable bonds is 5. The first-order chi connectivity index (χ1) is 12.4. The van der Waals surface area contributed by atoms with Crippen LogP contribution in [0.2, 0.25) is 5.02 Å². The number of ether oxygens (including phenoxy) is 1. The number of non-ortho nitro benzene ring substituents is 1. The molecule has 132 valence electrons. The molecule has 2 aromatic carbocycles. The highest BCUT2D eigenvalue weighted by atomic mass is 35.5. The van der Waals surface area contributed by atoms with Crippen LogP contribution < -0.4 is 15.4 Å². The van der Waals surface area contributed by atoms with Crippen LogP contribution in [0.1, 0.15) is 11.1 Å². The van der Waals surface area contributed by atoms with Crippen LogP contribution in [0.3, 0.4) is 0 Å². The first-order valence-corrected chi connectivity index (χ1v) is 8.21. The number of carbonyl (C=O) groups excluding carboxylic acids is 1. The topological polar surface area (TPSA) is 93.5 Å². The van der Waals surface area contributed by atoms with Crippen LogP contribution in [-0.4, -0.2) is 15.9 Å². The van der Waals surface area contributed by atoms with Crippen molar-refractivity contribution in [1.82, 2.24) is 10.6 Å². The molecule has 1 aliphatic rings. The summed E-state index contributed by atoms with van der Waals surface area (Å²) in [6, 6.07) is 11.3. The lowest BCUT2D eigenvalue weighted by molar-refractivity contribution is -0.384. The number of amides is 1. The van der Waals surface area contributed by atoms with Crippen molar-refractivity contribution in [2.24, 2.45) is 0 Å². The standard InChI is InChI=1S/C17H12ClN3O4S/c18-13-4-2-1-3-10(13)9-25-15-6-5-12(21(23)24)7-11(15)8-14-16(22)20-17(26)19-14/h1-8H,9H2,(H2,19,20,22,26)/b14-8-. The Labute approximate surface area is 158 Å². The van der Waals surface area contributed by atoms with Gasteiger partial charge in [-0.05, 0) is 30.4 Å². The highest BCUT2D eigenvalue weighted by Crippen LogP contribution is 2.28. The third kappa shape index (κ3) is 3.98. The second kappa shape index (κ2) is 7.51. The van der Waals surface area contributed by atoms with E-state index in [1.807, 2.05) is 12.1 Å². The average molecular weight is 390 g/mol. The second-order valence-electron chi connectivity index (χ2n) is 5.33. The van der Waals surface area contributed by atoms with Crippen molar-refractivity contribution in [1.29, 1.82) is 0 Å². The molecule has 7 nitrogen and oxygen atoms in total. The van der Waals surface area contributed by atoms with Crippen LogP contribution in [0.4, 0.5) is 5.69 Å². The van der Waals surface area contributed by atoms with Gasteiger partial charge in [-0.1, -0.05) is 29.8 Å². The van der Waals surface area contributed by atoms with Crippen molar-refractivity contribution in [2.45, 2.75) is 6.61 Å². The summed E-state index contributed by atoms with van der Waals surface area (Å²) in [6.07, 6.45) is 1.45. The van der Waals surface area contributed by atoms with Gasteiger partial charge in [0.2, 0.25) is 0 Å². The predicted molar refractivity (Wildman–Crippen MR) is 101 cm³/mol. The molecule has 26 heavy (non-hydrogen) atoms. The van der Waals surface area contributed by atoms with Gasteiger partial charge in [0, 0.05) is 28.3 Å². The van der Waals surface area contributed by atoms with Crippen molar-refractivity contribution in [3.63, 3.8) is 0 Å². The predicted octanol–water partition coefficient (Wildman–Crippen LogP) is 3.17. The van der Waals surface area contributed by atoms with Crippen LogP contribution in [-0.2, 0) is 11.4 Å². The van der Waals surface area contributed by atoms with E-state index in [0.717, 1.165) is 5.56 Å². The van der Waals surface area contributed by atoms with Gasteiger partial charge in [0.15, 0.2) is 5.11 Å². The smallest absolute Gasteiger partial charge is 0.273 e. The Bertz CT molecular complexity index is 945. The molecule has 0 spiro atoms. The van der Waals surface area contributed by atoms with E-state index in [1.54, 1.807) is 12.1 Å². The zero-order valence-corrected chi connectivity index (χ0v) is 14.8. The van der Waals surface area contributed by atoms with Gasteiger partial charge in [0.05, 0.1) is 4.92 Å². The van der Waals surface area contributed by atoms with Gasteiger partial charge >= 0.3 is 0 Å². The molecular formula is C17H12ClN3O4S. The Morgan fingerprint density at radius 2 is 2.00 bits per heavy atom. The average Bonchev–Trinajstić information content (AvgIpc) is 2.92. The molecule has 1 aliphatic heterocycles. The van der Waals surface area contributed by atoms with Gasteiger partial charge in [-0.3, -0.25) is 20.2 Å². The van der Waals surface area contributed by atoms with Gasteiger partial charge in [0.1, 0.15) is 18.1 Å². The number of benzene rings is 2. The first kappa shape index (κ1) is 17.8. The molecule has 9 heteroatoms. The van der Waals surface area contributed by atoms with Crippen molar-refractivity contribution >= 4 is 46.6 Å². The van der Waals surface area contributed by atoms with E-state index in [2.05, 4.69) is 10.6 Å². The number of nitrogens with zero attached hydrogens (tertiary/aromatic N) is 1. The number of halogens is 1. The highest BCUT2D eigenvalue weighted by molar-refractivity contribution is 7.80. The van der Waals surface area contributed by atoms with Crippen molar-refractivity contribution < 1.29 is 14.5 Å². The number of nitro benzene ring substituents is 1. The molecule has 1 amide bonds. The lowest BCUT2D eigenvalue weighted by Gasteiger charge is -2.11. The molecule has 0 aliphatic carbocycles. The summed E-state index contributed by atoms with van der Waals surface area (Å²) in [7, 11) is 0. The highest BCUT2D eigenvalue weighted by Gasteiger charge is 2.21. The van der Waals surface area contributed by atoms with Gasteiger partial charge in [0.25, 0.3) is 11.6 Å². The Morgan fingerprint density at radius 1 is 1.23 bits per heavy atom. The minimum absolute atomic E-state index is 0.122. The SMILES string of the molecule is O=C1NC(=S)N/C1=C\c1cc([N+](=O)[O-])ccc1OCc1ccccc1Cl. The maximum absolute atomic E-state index is 11.8. The lowest BCUT2D eigenvalue weighted by atomic mass is 10.1. The molecule has 1 saturated heterocycles. The summed E-state index contributed by atoms with van der Waals surface area (Å²) in [4.78, 5) is 22.4. The van der Waals surface area contributed by atoms with Crippen molar-refractivity contribution in [2.75, 3.05) is 0 Å². The third-order valence-corrected chi connectivity index (χ3v) is 4.14. The lowest BCUT2D eigenvalue weighted by Crippen LogP contribution is -2.21. The van der Waals surface area contributed by atoms with Crippen LogP contribution in [0.5, 0.6) is 5.75 Å². The molecule has 0 unspecified atom stereocenters. The number of carbonyl (C=O) groups is 1. The second-order valence-corrected chi connectivity index (χ2v) is 6.14. The number of nitrogens with one attached hydrogen (secondary N) is 2. The fourth-order valence-electron chi connectivity index (χ4n) is 2.30. The Hall–Kier alpha value is -2.97. The Kier molecular flexibility index (Phi) is 5.15. The van der Waals surface area contributed by atoms with Gasteiger partial charge < -0.3 is 10.1 Å². The zero-order valence-electron chi connectivity index (χ0n) is 13.2. The quantitative estimate of drug-likeness (QED) is 0.353. The van der Waals surface area contributed by atoms with E-state index in [9.17, 15) is 14.9 Å². The summed E-state index contributed by atoms with van der Waals surface area (Å²) in [5.74, 6) is -0.0472. The molecule has 0 aromatic heterocycles. The molecule has 0 atom stereocenters. The maximum atomic E-state index is 11.8. The van der Waals surface area contributed by atoms with Gasteiger partial charge in [-0.25, -0.2) is 0 Å². The molecule has 1 heterocycles. The first-order valence-electron chi connectivity index (χ1n) is 7.43. The van der Waals surface area contributed by atoms with Crippen LogP contribution in [0.25, 0.3) is 6.08 Å². The summed E-state index contributed by atoms with van der Waals surface area (Å²) >= 11 is 11.0. The summed E-state index contributed by atoms with van der Waals surface area (Å²) in [5, 5.41) is 16.9. The molecular weight excluding hydrogens is 378 g/mol. The van der Waals surface area contributed by atoms with Crippen LogP contribution in [0.15, 0.2) is 48.2 Å². The van der Waals surface area contributed by atoms with Crippen LogP contribution >= 0.6 is 23.8 Å². The monoisotopic (exact) mass is 389 g/mol. The Morgan fingerprint density at radius 3 is 2.65 bits per heavy atom. The van der Waals surface area contributed by atoms with Gasteiger partial charge in [-0.2, -0.15) is 0 Å². The van der Waals surface area contributed by atoms with E-state index in [4.69, 9.17) is 28.6 Å². The summed E-state index contributed by atoms with van der Waals surface area (Å²) in [6.45, 7) is 0.172. The summed E-state index contributed by atoms with van der Waals surface area (Å²) < 4.78 is 5.77. The molecule has 0 bridgehead atoms. The third-order valence-electron chi connectivity index (χ3n) is 3.56. The minimum Gasteiger partial charge on any atom is -0.488 e. The van der Waals surface area contributed by atoms with E-state index < -0.39 is 10.8 Å². The molecule has 2 aromatic rings. The number of hydrogen-bond donors (Lipinski definition) is 2. The fraction of sp³-hybridized carbons (Fsp3) is 0.0588. The molecule has 0 saturated carbocycles. The number of nitro groups is 1. The van der Waals surface area contributed by atoms with Crippen molar-refractivity contribution in [3.8, 4) is 5.75 Å². The van der Waals surface area contributed by atoms with Crippen molar-refractivity contribution in [3.05, 3.63) is 74.4 Å². The molecule has 2 N–H and O–H groups in total. The molecule has 0 radical (unpaired) electrons. The normalized spacial score (nSPS) is 14.9. The largest absolute Gasteiger partial charge is 0.488 e. The van der Waals surface area contributed by atoms with E-state index in [0.29, 0.717) is 16.3 Å². The van der Waals surface area contributed by atoms with E-state index in [-0.39, 0.29) is 23.1 Å².